The molecule has 20 heavy (non-hydrogen) atoms. The van der Waals surface area contributed by atoms with Crippen LogP contribution in [0.3, 0.4) is 0 Å². The van der Waals surface area contributed by atoms with Gasteiger partial charge in [-0.1, -0.05) is 51.2 Å². The normalized spacial score (nSPS) is 12.3. The summed E-state index contributed by atoms with van der Waals surface area (Å²) in [5.74, 6) is 0.130. The molecule has 0 aliphatic rings. The van der Waals surface area contributed by atoms with E-state index in [4.69, 9.17) is 18.0 Å². The van der Waals surface area contributed by atoms with Crippen molar-refractivity contribution in [3.63, 3.8) is 0 Å². The van der Waals surface area contributed by atoms with E-state index in [0.29, 0.717) is 11.4 Å². The van der Waals surface area contributed by atoms with Crippen molar-refractivity contribution in [1.29, 1.82) is 0 Å². The van der Waals surface area contributed by atoms with Crippen molar-refractivity contribution < 1.29 is 8.42 Å². The lowest BCUT2D eigenvalue weighted by Crippen LogP contribution is -2.28. The summed E-state index contributed by atoms with van der Waals surface area (Å²) < 4.78 is 26.4. The Balaban J connectivity index is 2.62. The molecule has 0 aliphatic carbocycles. The summed E-state index contributed by atoms with van der Waals surface area (Å²) in [6.45, 7) is 6.32. The Morgan fingerprint density at radius 1 is 1.35 bits per heavy atom. The number of hydrogen-bond acceptors (Lipinski definition) is 3. The van der Waals surface area contributed by atoms with Crippen molar-refractivity contribution in [3.05, 3.63) is 35.4 Å². The van der Waals surface area contributed by atoms with Crippen LogP contribution in [0.15, 0.2) is 24.3 Å². The molecule has 112 valence electrons. The van der Waals surface area contributed by atoms with E-state index in [1.54, 1.807) is 12.1 Å². The second kappa shape index (κ2) is 6.65. The zero-order chi connectivity index (χ0) is 15.4. The van der Waals surface area contributed by atoms with Crippen molar-refractivity contribution in [2.75, 3.05) is 5.75 Å². The van der Waals surface area contributed by atoms with Crippen LogP contribution in [-0.2, 0) is 16.6 Å². The molecule has 0 spiro atoms. The van der Waals surface area contributed by atoms with Crippen LogP contribution in [0.4, 0.5) is 0 Å². The largest absolute Gasteiger partial charge is 0.389 e. The fraction of sp³-hybridized carbons (Fsp3) is 0.500. The molecule has 0 unspecified atom stereocenters. The zero-order valence-corrected chi connectivity index (χ0v) is 13.8. The van der Waals surface area contributed by atoms with E-state index >= 15 is 0 Å². The molecule has 1 aromatic rings. The number of nitrogens with one attached hydrogen (secondary N) is 1. The van der Waals surface area contributed by atoms with Crippen molar-refractivity contribution in [1.82, 2.24) is 4.72 Å². The molecule has 0 radical (unpaired) electrons. The SMILES string of the molecule is CC(C)(C)CCS(=O)(=O)NCc1cccc(C(N)=S)c1. The number of rotatable bonds is 6. The minimum absolute atomic E-state index is 0.000401. The van der Waals surface area contributed by atoms with Crippen LogP contribution < -0.4 is 10.5 Å². The lowest BCUT2D eigenvalue weighted by molar-refractivity contribution is 0.396. The van der Waals surface area contributed by atoms with Gasteiger partial charge >= 0.3 is 0 Å². The van der Waals surface area contributed by atoms with E-state index in [9.17, 15) is 8.42 Å². The first-order valence-corrected chi connectivity index (χ1v) is 8.51. The highest BCUT2D eigenvalue weighted by Gasteiger charge is 2.17. The molecule has 0 atom stereocenters. The number of hydrogen-bond donors (Lipinski definition) is 2. The molecule has 0 aromatic heterocycles. The highest BCUT2D eigenvalue weighted by molar-refractivity contribution is 7.89. The molecule has 0 aliphatic heterocycles. The van der Waals surface area contributed by atoms with Gasteiger partial charge in [-0.15, -0.1) is 0 Å². The van der Waals surface area contributed by atoms with Crippen LogP contribution >= 0.6 is 12.2 Å². The summed E-state index contributed by atoms with van der Waals surface area (Å²) in [7, 11) is -3.26. The van der Waals surface area contributed by atoms with Gasteiger partial charge in [0, 0.05) is 12.1 Å². The first-order chi connectivity index (χ1) is 9.09. The van der Waals surface area contributed by atoms with Crippen LogP contribution in [-0.4, -0.2) is 19.2 Å². The molecule has 4 nitrogen and oxygen atoms in total. The standard InChI is InChI=1S/C14H22N2O2S2/c1-14(2,3)7-8-20(17,18)16-10-11-5-4-6-12(9-11)13(15)19/h4-6,9,16H,7-8,10H2,1-3H3,(H2,15,19). The maximum absolute atomic E-state index is 11.9. The van der Waals surface area contributed by atoms with Gasteiger partial charge in [0.05, 0.1) is 5.75 Å². The number of nitrogens with two attached hydrogens (primary N) is 1. The maximum atomic E-state index is 11.9. The third kappa shape index (κ3) is 6.45. The Morgan fingerprint density at radius 2 is 2.00 bits per heavy atom. The first-order valence-electron chi connectivity index (χ1n) is 6.45. The summed E-state index contributed by atoms with van der Waals surface area (Å²) in [5.41, 5.74) is 7.14. The molecule has 0 saturated heterocycles. The topological polar surface area (TPSA) is 72.2 Å². The molecular formula is C14H22N2O2S2. The second-order valence-corrected chi connectivity index (χ2v) is 8.38. The molecular weight excluding hydrogens is 292 g/mol. The third-order valence-electron chi connectivity index (χ3n) is 2.83. The summed E-state index contributed by atoms with van der Waals surface area (Å²) in [6, 6.07) is 7.26. The van der Waals surface area contributed by atoms with Gasteiger partial charge in [0.2, 0.25) is 10.0 Å². The van der Waals surface area contributed by atoms with Crippen LogP contribution in [0.5, 0.6) is 0 Å². The molecule has 3 N–H and O–H groups in total. The fourth-order valence-corrected chi connectivity index (χ4v) is 3.08. The molecule has 0 saturated carbocycles. The molecule has 1 rings (SSSR count). The van der Waals surface area contributed by atoms with Gasteiger partial charge < -0.3 is 5.73 Å². The van der Waals surface area contributed by atoms with Gasteiger partial charge in [0.1, 0.15) is 4.99 Å². The summed E-state index contributed by atoms with van der Waals surface area (Å²) in [5, 5.41) is 0. The summed E-state index contributed by atoms with van der Waals surface area (Å²) >= 11 is 4.90. The third-order valence-corrected chi connectivity index (χ3v) is 4.39. The number of sulfonamides is 1. The van der Waals surface area contributed by atoms with Gasteiger partial charge in [0.15, 0.2) is 0 Å². The second-order valence-electron chi connectivity index (χ2n) is 6.02. The van der Waals surface area contributed by atoms with E-state index in [2.05, 4.69) is 4.72 Å². The average molecular weight is 314 g/mol. The molecule has 6 heteroatoms. The number of thiocarbonyl (C=S) groups is 1. The van der Waals surface area contributed by atoms with Gasteiger partial charge in [0.25, 0.3) is 0 Å². The van der Waals surface area contributed by atoms with E-state index in [1.165, 1.54) is 0 Å². The van der Waals surface area contributed by atoms with E-state index in [0.717, 1.165) is 11.1 Å². The molecule has 0 heterocycles. The van der Waals surface area contributed by atoms with Crippen molar-refractivity contribution in [2.45, 2.75) is 33.7 Å². The van der Waals surface area contributed by atoms with Gasteiger partial charge in [-0.3, -0.25) is 0 Å². The fourth-order valence-electron chi connectivity index (χ4n) is 1.54. The van der Waals surface area contributed by atoms with Crippen LogP contribution in [0, 0.1) is 5.41 Å². The summed E-state index contributed by atoms with van der Waals surface area (Å²) in [4.78, 5) is 0.308. The van der Waals surface area contributed by atoms with Gasteiger partial charge in [-0.05, 0) is 23.5 Å². The predicted molar refractivity (Wildman–Crippen MR) is 87.0 cm³/mol. The maximum Gasteiger partial charge on any atom is 0.211 e. The van der Waals surface area contributed by atoms with Crippen LogP contribution in [0.25, 0.3) is 0 Å². The van der Waals surface area contributed by atoms with E-state index in [-0.39, 0.29) is 17.7 Å². The Kier molecular flexibility index (Phi) is 5.68. The van der Waals surface area contributed by atoms with Crippen molar-refractivity contribution in [3.8, 4) is 0 Å². The zero-order valence-electron chi connectivity index (χ0n) is 12.1. The monoisotopic (exact) mass is 314 g/mol. The minimum Gasteiger partial charge on any atom is -0.389 e. The first kappa shape index (κ1) is 17.1. The molecule has 1 aromatic carbocycles. The van der Waals surface area contributed by atoms with E-state index in [1.807, 2.05) is 32.9 Å². The molecule has 0 bridgehead atoms. The van der Waals surface area contributed by atoms with Crippen LogP contribution in [0.2, 0.25) is 0 Å². The Hall–Kier alpha value is -0.980. The van der Waals surface area contributed by atoms with Gasteiger partial charge in [-0.25, -0.2) is 13.1 Å². The molecule has 0 fully saturated rings. The predicted octanol–water partition coefficient (Wildman–Crippen LogP) is 2.18. The molecule has 0 amide bonds. The van der Waals surface area contributed by atoms with Crippen molar-refractivity contribution in [2.24, 2.45) is 11.1 Å². The summed E-state index contributed by atoms with van der Waals surface area (Å²) in [6.07, 6.45) is 0.620. The van der Waals surface area contributed by atoms with E-state index < -0.39 is 10.0 Å². The quantitative estimate of drug-likeness (QED) is 0.789. The lowest BCUT2D eigenvalue weighted by Gasteiger charge is -2.17. The average Bonchev–Trinajstić information content (AvgIpc) is 2.34. The lowest BCUT2D eigenvalue weighted by atomic mass is 9.94. The number of benzene rings is 1. The van der Waals surface area contributed by atoms with Gasteiger partial charge in [-0.2, -0.15) is 0 Å². The highest BCUT2D eigenvalue weighted by atomic mass is 32.2. The minimum atomic E-state index is -3.26. The van der Waals surface area contributed by atoms with Crippen LogP contribution in [0.1, 0.15) is 38.3 Å². The Morgan fingerprint density at radius 3 is 2.55 bits per heavy atom. The smallest absolute Gasteiger partial charge is 0.211 e. The van der Waals surface area contributed by atoms with Crippen molar-refractivity contribution >= 4 is 27.2 Å². The highest BCUT2D eigenvalue weighted by Crippen LogP contribution is 2.19. The Bertz CT molecular complexity index is 575. The Labute approximate surface area is 126 Å².